The zero-order valence-electron chi connectivity index (χ0n) is 11.4. The molecule has 2 rings (SSSR count). The van der Waals surface area contributed by atoms with E-state index < -0.39 is 0 Å². The Morgan fingerprint density at radius 2 is 1.88 bits per heavy atom. The Hall–Kier alpha value is -1.02. The normalized spacial score (nSPS) is 31.5. The van der Waals surface area contributed by atoms with Gasteiger partial charge in [0.2, 0.25) is 0 Å². The molecule has 0 saturated heterocycles. The number of anilines is 1. The summed E-state index contributed by atoms with van der Waals surface area (Å²) in [6.45, 7) is 8.87. The van der Waals surface area contributed by atoms with Gasteiger partial charge in [0, 0.05) is 22.7 Å². The van der Waals surface area contributed by atoms with Crippen molar-refractivity contribution in [3.8, 4) is 0 Å². The van der Waals surface area contributed by atoms with Gasteiger partial charge in [-0.1, -0.05) is 32.0 Å². The zero-order valence-corrected chi connectivity index (χ0v) is 11.4. The molecule has 1 aromatic rings. The summed E-state index contributed by atoms with van der Waals surface area (Å²) in [6, 6.07) is 8.91. The maximum Gasteiger partial charge on any atom is 0.0372 e. The fourth-order valence-corrected chi connectivity index (χ4v) is 2.70. The highest BCUT2D eigenvalue weighted by Gasteiger charge is 2.49. The van der Waals surface area contributed by atoms with Crippen molar-refractivity contribution in [3.63, 3.8) is 0 Å². The second-order valence-electron chi connectivity index (χ2n) is 6.19. The highest BCUT2D eigenvalue weighted by atomic mass is 15.0. The molecule has 1 aliphatic carbocycles. The topological polar surface area (TPSA) is 38.0 Å². The van der Waals surface area contributed by atoms with Gasteiger partial charge in [0.05, 0.1) is 0 Å². The first-order valence-corrected chi connectivity index (χ1v) is 6.46. The summed E-state index contributed by atoms with van der Waals surface area (Å²) in [5.41, 5.74) is 8.98. The number of hydrogen-bond acceptors (Lipinski definition) is 2. The number of nitrogens with one attached hydrogen (secondary N) is 1. The van der Waals surface area contributed by atoms with Gasteiger partial charge < -0.3 is 11.1 Å². The lowest BCUT2D eigenvalue weighted by Crippen LogP contribution is -2.51. The summed E-state index contributed by atoms with van der Waals surface area (Å²) in [7, 11) is 0. The van der Waals surface area contributed by atoms with E-state index in [1.165, 1.54) is 11.3 Å². The average Bonchev–Trinajstić information content (AvgIpc) is 2.44. The molecule has 1 saturated carbocycles. The van der Waals surface area contributed by atoms with Gasteiger partial charge in [-0.05, 0) is 38.3 Å². The number of para-hydroxylation sites is 1. The van der Waals surface area contributed by atoms with E-state index >= 15 is 0 Å². The van der Waals surface area contributed by atoms with Crippen LogP contribution in [-0.4, -0.2) is 11.6 Å². The first kappa shape index (κ1) is 12.4. The van der Waals surface area contributed by atoms with Gasteiger partial charge in [-0.3, -0.25) is 0 Å². The monoisotopic (exact) mass is 232 g/mol. The van der Waals surface area contributed by atoms with E-state index in [1.54, 1.807) is 0 Å². The van der Waals surface area contributed by atoms with Crippen molar-refractivity contribution >= 4 is 5.69 Å². The molecule has 94 valence electrons. The van der Waals surface area contributed by atoms with E-state index in [1.807, 2.05) is 0 Å². The predicted molar refractivity (Wildman–Crippen MR) is 74.2 cm³/mol. The average molecular weight is 232 g/mol. The SMILES string of the molecule is Cc1ccccc1N[C@H]1CC[C@@](C)(N)C1(C)C. The first-order valence-electron chi connectivity index (χ1n) is 6.46. The second kappa shape index (κ2) is 4.02. The van der Waals surface area contributed by atoms with Gasteiger partial charge in [-0.2, -0.15) is 0 Å². The summed E-state index contributed by atoms with van der Waals surface area (Å²) < 4.78 is 0. The molecule has 2 heteroatoms. The molecule has 1 aliphatic rings. The van der Waals surface area contributed by atoms with E-state index in [9.17, 15) is 0 Å². The lowest BCUT2D eigenvalue weighted by molar-refractivity contribution is 0.215. The van der Waals surface area contributed by atoms with Crippen molar-refractivity contribution in [2.24, 2.45) is 11.1 Å². The van der Waals surface area contributed by atoms with Crippen molar-refractivity contribution in [2.45, 2.75) is 52.1 Å². The van der Waals surface area contributed by atoms with Gasteiger partial charge in [-0.15, -0.1) is 0 Å². The van der Waals surface area contributed by atoms with Gasteiger partial charge in [0.25, 0.3) is 0 Å². The molecule has 0 aliphatic heterocycles. The Morgan fingerprint density at radius 3 is 2.41 bits per heavy atom. The van der Waals surface area contributed by atoms with Crippen LogP contribution in [0.25, 0.3) is 0 Å². The number of benzene rings is 1. The van der Waals surface area contributed by atoms with Crippen molar-refractivity contribution in [1.29, 1.82) is 0 Å². The Labute approximate surface area is 105 Å². The summed E-state index contributed by atoms with van der Waals surface area (Å²) in [6.07, 6.45) is 2.23. The molecule has 0 spiro atoms. The molecule has 3 N–H and O–H groups in total. The summed E-state index contributed by atoms with van der Waals surface area (Å²) in [5.74, 6) is 0. The van der Waals surface area contributed by atoms with Crippen LogP contribution >= 0.6 is 0 Å². The maximum atomic E-state index is 6.40. The standard InChI is InChI=1S/C15H24N2/c1-11-7-5-6-8-12(11)17-13-9-10-15(4,16)14(13,2)3/h5-8,13,17H,9-10,16H2,1-4H3/t13-,15+/m0/s1. The molecule has 2 nitrogen and oxygen atoms in total. The summed E-state index contributed by atoms with van der Waals surface area (Å²) in [4.78, 5) is 0. The van der Waals surface area contributed by atoms with Gasteiger partial charge in [0.15, 0.2) is 0 Å². The fourth-order valence-electron chi connectivity index (χ4n) is 2.70. The molecule has 0 heterocycles. The van der Waals surface area contributed by atoms with Crippen molar-refractivity contribution < 1.29 is 0 Å². The van der Waals surface area contributed by atoms with Crippen LogP contribution in [0.5, 0.6) is 0 Å². The fraction of sp³-hybridized carbons (Fsp3) is 0.600. The minimum Gasteiger partial charge on any atom is -0.381 e. The van der Waals surface area contributed by atoms with Crippen LogP contribution in [0.4, 0.5) is 5.69 Å². The molecule has 0 aromatic heterocycles. The van der Waals surface area contributed by atoms with E-state index in [2.05, 4.69) is 57.3 Å². The predicted octanol–water partition coefficient (Wildman–Crippen LogP) is 3.31. The van der Waals surface area contributed by atoms with E-state index in [0.717, 1.165) is 12.8 Å². The van der Waals surface area contributed by atoms with Crippen LogP contribution in [0.15, 0.2) is 24.3 Å². The number of rotatable bonds is 2. The minimum absolute atomic E-state index is 0.0760. The van der Waals surface area contributed by atoms with Gasteiger partial charge >= 0.3 is 0 Å². The molecule has 2 atom stereocenters. The van der Waals surface area contributed by atoms with Gasteiger partial charge in [-0.25, -0.2) is 0 Å². The lowest BCUT2D eigenvalue weighted by atomic mass is 9.75. The Morgan fingerprint density at radius 1 is 1.24 bits per heavy atom. The van der Waals surface area contributed by atoms with Gasteiger partial charge in [0.1, 0.15) is 0 Å². The molecule has 0 unspecified atom stereocenters. The Balaban J connectivity index is 2.19. The highest BCUT2D eigenvalue weighted by molar-refractivity contribution is 5.51. The number of aryl methyl sites for hydroxylation is 1. The van der Waals surface area contributed by atoms with Crippen LogP contribution in [0.2, 0.25) is 0 Å². The number of nitrogens with two attached hydrogens (primary N) is 1. The number of hydrogen-bond donors (Lipinski definition) is 2. The zero-order chi connectivity index (χ0) is 12.7. The van der Waals surface area contributed by atoms with Crippen molar-refractivity contribution in [2.75, 3.05) is 5.32 Å². The molecule has 0 radical (unpaired) electrons. The lowest BCUT2D eigenvalue weighted by Gasteiger charge is -2.39. The van der Waals surface area contributed by atoms with E-state index in [-0.39, 0.29) is 11.0 Å². The molecule has 1 fully saturated rings. The van der Waals surface area contributed by atoms with Crippen molar-refractivity contribution in [1.82, 2.24) is 0 Å². The maximum absolute atomic E-state index is 6.40. The van der Waals surface area contributed by atoms with Crippen LogP contribution in [-0.2, 0) is 0 Å². The Kier molecular flexibility index (Phi) is 2.94. The third kappa shape index (κ3) is 2.06. The van der Waals surface area contributed by atoms with Crippen molar-refractivity contribution in [3.05, 3.63) is 29.8 Å². The van der Waals surface area contributed by atoms with Crippen LogP contribution < -0.4 is 11.1 Å². The molecule has 0 bridgehead atoms. The summed E-state index contributed by atoms with van der Waals surface area (Å²) >= 11 is 0. The van der Waals surface area contributed by atoms with E-state index in [4.69, 9.17) is 5.73 Å². The third-order valence-corrected chi connectivity index (χ3v) is 4.77. The quantitative estimate of drug-likeness (QED) is 0.821. The van der Waals surface area contributed by atoms with Crippen LogP contribution in [0.1, 0.15) is 39.2 Å². The van der Waals surface area contributed by atoms with Crippen LogP contribution in [0, 0.1) is 12.3 Å². The van der Waals surface area contributed by atoms with Crippen LogP contribution in [0.3, 0.4) is 0 Å². The first-order chi connectivity index (χ1) is 7.84. The van der Waals surface area contributed by atoms with E-state index in [0.29, 0.717) is 6.04 Å². The smallest absolute Gasteiger partial charge is 0.0372 e. The highest BCUT2D eigenvalue weighted by Crippen LogP contribution is 2.45. The second-order valence-corrected chi connectivity index (χ2v) is 6.19. The molecular weight excluding hydrogens is 208 g/mol. The Bertz CT molecular complexity index is 407. The molecule has 17 heavy (non-hydrogen) atoms. The molecular formula is C15H24N2. The third-order valence-electron chi connectivity index (χ3n) is 4.77. The molecule has 1 aromatic carbocycles. The largest absolute Gasteiger partial charge is 0.381 e. The summed E-state index contributed by atoms with van der Waals surface area (Å²) in [5, 5.41) is 3.68. The minimum atomic E-state index is -0.0760. The molecule has 0 amide bonds.